The molecule has 3 aromatic carbocycles. The number of nitroso groups, excluding NO2 is 1. The summed E-state index contributed by atoms with van der Waals surface area (Å²) in [5.74, 6) is -1.04. The minimum absolute atomic E-state index is 0.0837. The van der Waals surface area contributed by atoms with Crippen molar-refractivity contribution in [2.75, 3.05) is 0 Å². The van der Waals surface area contributed by atoms with Gasteiger partial charge in [-0.3, -0.25) is 4.79 Å². The minimum atomic E-state index is -0.954. The summed E-state index contributed by atoms with van der Waals surface area (Å²) in [5.41, 5.74) is 5.99. The molecule has 0 aliphatic rings. The van der Waals surface area contributed by atoms with Gasteiger partial charge < -0.3 is 9.67 Å². The molecular weight excluding hydrogens is 440 g/mol. The Morgan fingerprint density at radius 2 is 1.49 bits per heavy atom. The standard InChI is InChI=1S/C29H26N2O4/c1-19-5-3-4-6-25(19)26(17-27(30-35)24-15-16-28(32)31(2)18-24)22-11-7-20(8-12-22)21-9-13-23(14-10-21)29(33)34/h3-16,18,26-27H,17H2,1-2H3,(H,33,34)/t26-,27?/m0/s1. The third-order valence-corrected chi connectivity index (χ3v) is 6.42. The van der Waals surface area contributed by atoms with Gasteiger partial charge in [-0.2, -0.15) is 4.91 Å². The van der Waals surface area contributed by atoms with Crippen LogP contribution in [0.25, 0.3) is 11.1 Å². The smallest absolute Gasteiger partial charge is 0.335 e. The highest BCUT2D eigenvalue weighted by atomic mass is 16.4. The van der Waals surface area contributed by atoms with Gasteiger partial charge >= 0.3 is 5.97 Å². The van der Waals surface area contributed by atoms with Crippen LogP contribution in [0.2, 0.25) is 0 Å². The molecular formula is C29H26N2O4. The molecule has 0 radical (unpaired) electrons. The maximum atomic E-state index is 11.9. The lowest BCUT2D eigenvalue weighted by molar-refractivity contribution is 0.0697. The van der Waals surface area contributed by atoms with Gasteiger partial charge in [-0.1, -0.05) is 65.8 Å². The highest BCUT2D eigenvalue weighted by Gasteiger charge is 2.24. The van der Waals surface area contributed by atoms with Crippen LogP contribution in [0.1, 0.15) is 51.0 Å². The monoisotopic (exact) mass is 466 g/mol. The van der Waals surface area contributed by atoms with Crippen molar-refractivity contribution in [3.8, 4) is 11.1 Å². The number of rotatable bonds is 8. The summed E-state index contributed by atoms with van der Waals surface area (Å²) in [6, 6.07) is 25.5. The summed E-state index contributed by atoms with van der Waals surface area (Å²) in [7, 11) is 1.66. The molecule has 0 aliphatic heterocycles. The summed E-state index contributed by atoms with van der Waals surface area (Å²) in [4.78, 5) is 34.9. The number of pyridine rings is 1. The fraction of sp³-hybridized carbons (Fsp3) is 0.172. The number of carboxylic acid groups (broad SMARTS) is 1. The maximum absolute atomic E-state index is 11.9. The van der Waals surface area contributed by atoms with Crippen molar-refractivity contribution < 1.29 is 9.90 Å². The van der Waals surface area contributed by atoms with Gasteiger partial charge in [0, 0.05) is 25.2 Å². The molecule has 0 aliphatic carbocycles. The first-order valence-corrected chi connectivity index (χ1v) is 11.4. The Hall–Kier alpha value is -4.32. The number of benzene rings is 3. The van der Waals surface area contributed by atoms with E-state index in [0.717, 1.165) is 27.8 Å². The number of aromatic carboxylic acids is 1. The molecule has 0 spiro atoms. The number of carboxylic acids is 1. The van der Waals surface area contributed by atoms with E-state index < -0.39 is 12.0 Å². The van der Waals surface area contributed by atoms with Crippen LogP contribution in [0, 0.1) is 11.8 Å². The predicted octanol–water partition coefficient (Wildman–Crippen LogP) is 6.09. The van der Waals surface area contributed by atoms with Crippen LogP contribution < -0.4 is 5.56 Å². The molecule has 0 saturated heterocycles. The van der Waals surface area contributed by atoms with E-state index >= 15 is 0 Å². The van der Waals surface area contributed by atoms with Gasteiger partial charge in [0.2, 0.25) is 5.56 Å². The molecule has 176 valence electrons. The van der Waals surface area contributed by atoms with E-state index in [1.165, 1.54) is 10.6 Å². The Kier molecular flexibility index (Phi) is 7.01. The zero-order valence-electron chi connectivity index (χ0n) is 19.6. The van der Waals surface area contributed by atoms with E-state index in [1.54, 1.807) is 43.6 Å². The number of hydrogen-bond donors (Lipinski definition) is 1. The topological polar surface area (TPSA) is 88.7 Å². The van der Waals surface area contributed by atoms with Gasteiger partial charge in [-0.05, 0) is 64.9 Å². The first-order chi connectivity index (χ1) is 16.9. The van der Waals surface area contributed by atoms with E-state index in [0.29, 0.717) is 12.0 Å². The Bertz CT molecular complexity index is 1410. The Balaban J connectivity index is 1.69. The van der Waals surface area contributed by atoms with Crippen molar-refractivity contribution in [3.05, 3.63) is 134 Å². The fourth-order valence-electron chi connectivity index (χ4n) is 4.41. The van der Waals surface area contributed by atoms with Gasteiger partial charge in [0.15, 0.2) is 0 Å². The second kappa shape index (κ2) is 10.3. The van der Waals surface area contributed by atoms with Crippen molar-refractivity contribution in [1.29, 1.82) is 0 Å². The van der Waals surface area contributed by atoms with Crippen LogP contribution in [0.4, 0.5) is 0 Å². The van der Waals surface area contributed by atoms with Crippen molar-refractivity contribution in [2.24, 2.45) is 12.2 Å². The number of nitrogens with zero attached hydrogens (tertiary/aromatic N) is 2. The van der Waals surface area contributed by atoms with Gasteiger partial charge in [-0.25, -0.2) is 4.79 Å². The Morgan fingerprint density at radius 1 is 0.886 bits per heavy atom. The highest BCUT2D eigenvalue weighted by molar-refractivity contribution is 5.88. The third kappa shape index (κ3) is 5.27. The molecule has 35 heavy (non-hydrogen) atoms. The molecule has 1 N–H and O–H groups in total. The number of aryl methyl sites for hydroxylation is 2. The molecule has 0 bridgehead atoms. The zero-order chi connectivity index (χ0) is 24.9. The molecule has 2 atom stereocenters. The second-order valence-electron chi connectivity index (χ2n) is 8.68. The third-order valence-electron chi connectivity index (χ3n) is 6.42. The Morgan fingerprint density at radius 3 is 2.06 bits per heavy atom. The largest absolute Gasteiger partial charge is 0.478 e. The van der Waals surface area contributed by atoms with Crippen molar-refractivity contribution >= 4 is 5.97 Å². The molecule has 1 unspecified atom stereocenters. The Labute approximate surface area is 203 Å². The summed E-state index contributed by atoms with van der Waals surface area (Å²) >= 11 is 0. The number of carbonyl (C=O) groups is 1. The van der Waals surface area contributed by atoms with E-state index in [9.17, 15) is 14.5 Å². The SMILES string of the molecule is Cc1ccccc1[C@@H](CC(N=O)c1ccc(=O)n(C)c1)c1ccc(-c2ccc(C(=O)O)cc2)cc1. The zero-order valence-corrected chi connectivity index (χ0v) is 19.6. The quantitative estimate of drug-likeness (QED) is 0.318. The first-order valence-electron chi connectivity index (χ1n) is 11.4. The molecule has 4 aromatic rings. The number of hydrogen-bond acceptors (Lipinski definition) is 4. The van der Waals surface area contributed by atoms with Gasteiger partial charge in [0.05, 0.1) is 5.56 Å². The van der Waals surface area contributed by atoms with Gasteiger partial charge in [0.1, 0.15) is 6.04 Å². The summed E-state index contributed by atoms with van der Waals surface area (Å²) < 4.78 is 1.46. The van der Waals surface area contributed by atoms with Crippen molar-refractivity contribution in [2.45, 2.75) is 25.3 Å². The van der Waals surface area contributed by atoms with Crippen molar-refractivity contribution in [1.82, 2.24) is 4.57 Å². The molecule has 6 nitrogen and oxygen atoms in total. The summed E-state index contributed by atoms with van der Waals surface area (Å²) in [6.07, 6.45) is 2.13. The van der Waals surface area contributed by atoms with Crippen LogP contribution in [-0.2, 0) is 7.05 Å². The predicted molar refractivity (Wildman–Crippen MR) is 137 cm³/mol. The van der Waals surface area contributed by atoms with Gasteiger partial charge in [0.25, 0.3) is 0 Å². The van der Waals surface area contributed by atoms with E-state index in [1.807, 2.05) is 36.4 Å². The second-order valence-corrected chi connectivity index (χ2v) is 8.68. The van der Waals surface area contributed by atoms with Crippen LogP contribution in [-0.4, -0.2) is 15.6 Å². The lowest BCUT2D eigenvalue weighted by atomic mass is 9.82. The van der Waals surface area contributed by atoms with Crippen LogP contribution in [0.3, 0.4) is 0 Å². The molecule has 6 heteroatoms. The average molecular weight is 467 g/mol. The fourth-order valence-corrected chi connectivity index (χ4v) is 4.41. The van der Waals surface area contributed by atoms with Gasteiger partial charge in [-0.15, -0.1) is 0 Å². The number of aromatic nitrogens is 1. The molecule has 4 rings (SSSR count). The lowest BCUT2D eigenvalue weighted by Gasteiger charge is -2.23. The van der Waals surface area contributed by atoms with Crippen LogP contribution in [0.5, 0.6) is 0 Å². The molecule has 0 fully saturated rings. The van der Waals surface area contributed by atoms with Crippen LogP contribution in [0.15, 0.2) is 101 Å². The molecule has 0 amide bonds. The maximum Gasteiger partial charge on any atom is 0.335 e. The average Bonchev–Trinajstić information content (AvgIpc) is 2.87. The minimum Gasteiger partial charge on any atom is -0.478 e. The highest BCUT2D eigenvalue weighted by Crippen LogP contribution is 2.37. The normalized spacial score (nSPS) is 12.6. The first kappa shape index (κ1) is 23.8. The molecule has 0 saturated carbocycles. The van der Waals surface area contributed by atoms with Crippen LogP contribution >= 0.6 is 0 Å². The molecule has 1 aromatic heterocycles. The summed E-state index contributed by atoms with van der Waals surface area (Å²) in [6.45, 7) is 2.05. The lowest BCUT2D eigenvalue weighted by Crippen LogP contribution is -2.16. The van der Waals surface area contributed by atoms with E-state index in [4.69, 9.17) is 5.11 Å². The van der Waals surface area contributed by atoms with Crippen molar-refractivity contribution in [3.63, 3.8) is 0 Å². The van der Waals surface area contributed by atoms with E-state index in [2.05, 4.69) is 24.2 Å². The summed E-state index contributed by atoms with van der Waals surface area (Å²) in [5, 5.41) is 12.6. The van der Waals surface area contributed by atoms with E-state index in [-0.39, 0.29) is 17.0 Å². The molecule has 1 heterocycles.